The molecule has 102 valence electrons. The van der Waals surface area contributed by atoms with Crippen LogP contribution in [-0.2, 0) is 4.74 Å². The standard InChI is InChI=1S/C14H18N2O3/c15-9-12-1-3-14(4-2-12)19-8-6-16-5-7-18-11-13(16)10-17/h1-4,13,17H,5-8,10-11H2. The van der Waals surface area contributed by atoms with Gasteiger partial charge < -0.3 is 14.6 Å². The van der Waals surface area contributed by atoms with Crippen molar-refractivity contribution in [1.29, 1.82) is 5.26 Å². The molecule has 2 rings (SSSR count). The fourth-order valence-corrected chi connectivity index (χ4v) is 2.06. The minimum Gasteiger partial charge on any atom is -0.492 e. The topological polar surface area (TPSA) is 65.7 Å². The van der Waals surface area contributed by atoms with Crippen molar-refractivity contribution >= 4 is 0 Å². The van der Waals surface area contributed by atoms with Crippen molar-refractivity contribution in [3.8, 4) is 11.8 Å². The van der Waals surface area contributed by atoms with Crippen LogP contribution >= 0.6 is 0 Å². The van der Waals surface area contributed by atoms with Crippen molar-refractivity contribution in [2.75, 3.05) is 39.5 Å². The van der Waals surface area contributed by atoms with Gasteiger partial charge in [-0.05, 0) is 24.3 Å². The monoisotopic (exact) mass is 262 g/mol. The maximum absolute atomic E-state index is 9.24. The molecule has 5 nitrogen and oxygen atoms in total. The minimum atomic E-state index is 0.0679. The minimum absolute atomic E-state index is 0.0679. The van der Waals surface area contributed by atoms with Crippen LogP contribution in [0, 0.1) is 11.3 Å². The van der Waals surface area contributed by atoms with Crippen molar-refractivity contribution in [3.05, 3.63) is 29.8 Å². The van der Waals surface area contributed by atoms with Crippen molar-refractivity contribution < 1.29 is 14.6 Å². The Labute approximate surface area is 113 Å². The molecule has 0 aromatic heterocycles. The third kappa shape index (κ3) is 3.93. The van der Waals surface area contributed by atoms with Crippen LogP contribution < -0.4 is 4.74 Å². The van der Waals surface area contributed by atoms with Crippen LogP contribution in [0.15, 0.2) is 24.3 Å². The molecule has 0 radical (unpaired) electrons. The highest BCUT2D eigenvalue weighted by molar-refractivity contribution is 5.34. The molecule has 1 aromatic rings. The third-order valence-corrected chi connectivity index (χ3v) is 3.19. The molecule has 0 bridgehead atoms. The zero-order chi connectivity index (χ0) is 13.5. The Balaban J connectivity index is 1.77. The van der Waals surface area contributed by atoms with E-state index in [4.69, 9.17) is 14.7 Å². The Morgan fingerprint density at radius 3 is 2.89 bits per heavy atom. The molecule has 1 N–H and O–H groups in total. The van der Waals surface area contributed by atoms with Gasteiger partial charge in [0.15, 0.2) is 0 Å². The number of nitriles is 1. The molecule has 1 aliphatic heterocycles. The summed E-state index contributed by atoms with van der Waals surface area (Å²) in [6.45, 7) is 3.52. The Bertz CT molecular complexity index is 427. The highest BCUT2D eigenvalue weighted by Gasteiger charge is 2.21. The first-order valence-electron chi connectivity index (χ1n) is 6.39. The highest BCUT2D eigenvalue weighted by Crippen LogP contribution is 2.12. The Morgan fingerprint density at radius 2 is 2.21 bits per heavy atom. The molecule has 1 aromatic carbocycles. The van der Waals surface area contributed by atoms with Gasteiger partial charge in [0.2, 0.25) is 0 Å². The summed E-state index contributed by atoms with van der Waals surface area (Å²) in [6, 6.07) is 9.20. The van der Waals surface area contributed by atoms with Crippen LogP contribution in [0.3, 0.4) is 0 Å². The van der Waals surface area contributed by atoms with Crippen LogP contribution in [0.4, 0.5) is 0 Å². The second-order valence-corrected chi connectivity index (χ2v) is 4.43. The third-order valence-electron chi connectivity index (χ3n) is 3.19. The van der Waals surface area contributed by atoms with Crippen LogP contribution in [-0.4, -0.2) is 55.6 Å². The SMILES string of the molecule is N#Cc1ccc(OCCN2CCOCC2CO)cc1. The van der Waals surface area contributed by atoms with Gasteiger partial charge in [-0.1, -0.05) is 0 Å². The fourth-order valence-electron chi connectivity index (χ4n) is 2.06. The Morgan fingerprint density at radius 1 is 1.42 bits per heavy atom. The van der Waals surface area contributed by atoms with Gasteiger partial charge in [-0.3, -0.25) is 4.90 Å². The van der Waals surface area contributed by atoms with Crippen LogP contribution in [0.25, 0.3) is 0 Å². The van der Waals surface area contributed by atoms with E-state index in [1.165, 1.54) is 0 Å². The number of hydrogen-bond acceptors (Lipinski definition) is 5. The number of rotatable bonds is 5. The molecule has 1 fully saturated rings. The molecule has 1 aliphatic rings. The summed E-state index contributed by atoms with van der Waals surface area (Å²) >= 11 is 0. The molecule has 0 spiro atoms. The molecule has 1 atom stereocenters. The lowest BCUT2D eigenvalue weighted by molar-refractivity contribution is -0.0312. The summed E-state index contributed by atoms with van der Waals surface area (Å²) in [5.74, 6) is 0.757. The number of aliphatic hydroxyl groups excluding tert-OH is 1. The highest BCUT2D eigenvalue weighted by atomic mass is 16.5. The zero-order valence-electron chi connectivity index (χ0n) is 10.8. The summed E-state index contributed by atoms with van der Waals surface area (Å²) in [6.07, 6.45) is 0. The molecule has 0 amide bonds. The van der Waals surface area contributed by atoms with E-state index in [0.29, 0.717) is 25.4 Å². The number of benzene rings is 1. The van der Waals surface area contributed by atoms with E-state index < -0.39 is 0 Å². The Hall–Kier alpha value is -1.61. The number of hydrogen-bond donors (Lipinski definition) is 1. The number of morpholine rings is 1. The van der Waals surface area contributed by atoms with Crippen LogP contribution in [0.2, 0.25) is 0 Å². The summed E-state index contributed by atoms with van der Waals surface area (Å²) < 4.78 is 10.9. The predicted molar refractivity (Wildman–Crippen MR) is 69.9 cm³/mol. The van der Waals surface area contributed by atoms with E-state index in [2.05, 4.69) is 11.0 Å². The van der Waals surface area contributed by atoms with Gasteiger partial charge in [-0.25, -0.2) is 0 Å². The first-order valence-corrected chi connectivity index (χ1v) is 6.39. The maximum Gasteiger partial charge on any atom is 0.119 e. The van der Waals surface area contributed by atoms with Gasteiger partial charge in [0.25, 0.3) is 0 Å². The van der Waals surface area contributed by atoms with Crippen LogP contribution in [0.1, 0.15) is 5.56 Å². The summed E-state index contributed by atoms with van der Waals surface area (Å²) in [5, 5.41) is 17.9. The number of ether oxygens (including phenoxy) is 2. The molecule has 1 unspecified atom stereocenters. The van der Waals surface area contributed by atoms with Gasteiger partial charge in [-0.15, -0.1) is 0 Å². The second kappa shape index (κ2) is 7.10. The largest absolute Gasteiger partial charge is 0.492 e. The maximum atomic E-state index is 9.24. The molecular formula is C14H18N2O3. The summed E-state index contributed by atoms with van der Waals surface area (Å²) in [7, 11) is 0. The number of nitrogens with zero attached hydrogens (tertiary/aromatic N) is 2. The molecule has 19 heavy (non-hydrogen) atoms. The lowest BCUT2D eigenvalue weighted by Crippen LogP contribution is -2.48. The van der Waals surface area contributed by atoms with E-state index in [-0.39, 0.29) is 12.6 Å². The summed E-state index contributed by atoms with van der Waals surface area (Å²) in [5.41, 5.74) is 0.626. The average Bonchev–Trinajstić information content (AvgIpc) is 2.48. The zero-order valence-corrected chi connectivity index (χ0v) is 10.8. The van der Waals surface area contributed by atoms with Crippen LogP contribution in [0.5, 0.6) is 5.75 Å². The van der Waals surface area contributed by atoms with E-state index in [1.807, 2.05) is 0 Å². The normalized spacial score (nSPS) is 19.9. The van der Waals surface area contributed by atoms with E-state index in [9.17, 15) is 5.11 Å². The Kier molecular flexibility index (Phi) is 5.16. The lowest BCUT2D eigenvalue weighted by atomic mass is 10.2. The van der Waals surface area contributed by atoms with Crippen molar-refractivity contribution in [1.82, 2.24) is 4.90 Å². The molecular weight excluding hydrogens is 244 g/mol. The van der Waals surface area contributed by atoms with Gasteiger partial charge in [0.1, 0.15) is 12.4 Å². The summed E-state index contributed by atoms with van der Waals surface area (Å²) in [4.78, 5) is 2.17. The average molecular weight is 262 g/mol. The molecule has 5 heteroatoms. The lowest BCUT2D eigenvalue weighted by Gasteiger charge is -2.34. The quantitative estimate of drug-likeness (QED) is 0.843. The van der Waals surface area contributed by atoms with Crippen molar-refractivity contribution in [2.45, 2.75) is 6.04 Å². The van der Waals surface area contributed by atoms with Gasteiger partial charge in [0.05, 0.1) is 37.5 Å². The molecule has 0 aliphatic carbocycles. The second-order valence-electron chi connectivity index (χ2n) is 4.43. The van der Waals surface area contributed by atoms with Gasteiger partial charge in [0, 0.05) is 13.1 Å². The predicted octanol–water partition coefficient (Wildman–Crippen LogP) is 0.630. The van der Waals surface area contributed by atoms with E-state index >= 15 is 0 Å². The number of aliphatic hydroxyl groups is 1. The first-order chi connectivity index (χ1) is 9.33. The molecule has 1 saturated heterocycles. The fraction of sp³-hybridized carbons (Fsp3) is 0.500. The van der Waals surface area contributed by atoms with Crippen molar-refractivity contribution in [3.63, 3.8) is 0 Å². The van der Waals surface area contributed by atoms with Crippen molar-refractivity contribution in [2.24, 2.45) is 0 Å². The van der Waals surface area contributed by atoms with E-state index in [1.54, 1.807) is 24.3 Å². The van der Waals surface area contributed by atoms with Gasteiger partial charge >= 0.3 is 0 Å². The first kappa shape index (κ1) is 13.8. The molecule has 0 saturated carbocycles. The van der Waals surface area contributed by atoms with Gasteiger partial charge in [-0.2, -0.15) is 5.26 Å². The molecule has 1 heterocycles. The smallest absolute Gasteiger partial charge is 0.119 e. The van der Waals surface area contributed by atoms with E-state index in [0.717, 1.165) is 18.8 Å².